The third-order valence-electron chi connectivity index (χ3n) is 3.75. The molecule has 106 valence electrons. The molecule has 0 saturated heterocycles. The first kappa shape index (κ1) is 13.4. The van der Waals surface area contributed by atoms with Crippen molar-refractivity contribution in [1.29, 1.82) is 0 Å². The van der Waals surface area contributed by atoms with Crippen LogP contribution < -0.4 is 10.5 Å². The Morgan fingerprint density at radius 1 is 1.10 bits per heavy atom. The van der Waals surface area contributed by atoms with Gasteiger partial charge in [0.05, 0.1) is 4.90 Å². The van der Waals surface area contributed by atoms with Crippen molar-refractivity contribution >= 4 is 26.5 Å². The third-order valence-corrected chi connectivity index (χ3v) is 5.27. The standard InChI is InChI=1S/C15H18N2O2S/c16-14-7-8-15(13-4-2-1-3-12(13)14)20(18,19)17-10-9-11-5-6-11/h1-4,7-8,11,17H,5-6,9-10,16H2. The molecule has 0 radical (unpaired) electrons. The zero-order valence-electron chi connectivity index (χ0n) is 11.2. The molecule has 0 aliphatic heterocycles. The van der Waals surface area contributed by atoms with Crippen molar-refractivity contribution < 1.29 is 8.42 Å². The Bertz CT molecular complexity index is 737. The lowest BCUT2D eigenvalue weighted by atomic mass is 10.1. The van der Waals surface area contributed by atoms with Crippen LogP contribution in [0.1, 0.15) is 19.3 Å². The molecule has 3 N–H and O–H groups in total. The number of sulfonamides is 1. The molecular formula is C15H18N2O2S. The van der Waals surface area contributed by atoms with Crippen LogP contribution in [0, 0.1) is 5.92 Å². The zero-order chi connectivity index (χ0) is 14.2. The van der Waals surface area contributed by atoms with Gasteiger partial charge in [0.2, 0.25) is 10.0 Å². The van der Waals surface area contributed by atoms with Gasteiger partial charge in [-0.3, -0.25) is 0 Å². The van der Waals surface area contributed by atoms with Crippen LogP contribution in [0.5, 0.6) is 0 Å². The number of hydrogen-bond acceptors (Lipinski definition) is 3. The predicted octanol–water partition coefficient (Wildman–Crippen LogP) is 2.50. The van der Waals surface area contributed by atoms with Gasteiger partial charge in [0.25, 0.3) is 0 Å². The minimum atomic E-state index is -3.48. The highest BCUT2D eigenvalue weighted by Gasteiger charge is 2.23. The number of nitrogens with two attached hydrogens (primary N) is 1. The van der Waals surface area contributed by atoms with Crippen LogP contribution >= 0.6 is 0 Å². The van der Waals surface area contributed by atoms with Crippen molar-refractivity contribution in [3.63, 3.8) is 0 Å². The summed E-state index contributed by atoms with van der Waals surface area (Å²) in [7, 11) is -3.48. The van der Waals surface area contributed by atoms with Gasteiger partial charge < -0.3 is 5.73 Å². The maximum atomic E-state index is 12.4. The highest BCUT2D eigenvalue weighted by atomic mass is 32.2. The van der Waals surface area contributed by atoms with Crippen LogP contribution in [-0.4, -0.2) is 15.0 Å². The summed E-state index contributed by atoms with van der Waals surface area (Å²) in [6.45, 7) is 0.506. The molecule has 1 fully saturated rings. The van der Waals surface area contributed by atoms with Gasteiger partial charge in [-0.2, -0.15) is 0 Å². The molecule has 0 atom stereocenters. The molecule has 1 aliphatic rings. The summed E-state index contributed by atoms with van der Waals surface area (Å²) in [6.07, 6.45) is 3.38. The van der Waals surface area contributed by atoms with Crippen molar-refractivity contribution in [1.82, 2.24) is 4.72 Å². The SMILES string of the molecule is Nc1ccc(S(=O)(=O)NCCC2CC2)c2ccccc12. The van der Waals surface area contributed by atoms with E-state index in [4.69, 9.17) is 5.73 Å². The smallest absolute Gasteiger partial charge is 0.241 e. The van der Waals surface area contributed by atoms with Gasteiger partial charge >= 0.3 is 0 Å². The summed E-state index contributed by atoms with van der Waals surface area (Å²) in [5, 5.41) is 1.45. The van der Waals surface area contributed by atoms with Crippen LogP contribution in [-0.2, 0) is 10.0 Å². The Kier molecular flexibility index (Phi) is 3.40. The summed E-state index contributed by atoms with van der Waals surface area (Å²) >= 11 is 0. The van der Waals surface area contributed by atoms with Crippen LogP contribution in [0.15, 0.2) is 41.3 Å². The van der Waals surface area contributed by atoms with E-state index in [1.54, 1.807) is 18.2 Å². The molecule has 2 aromatic carbocycles. The van der Waals surface area contributed by atoms with Crippen molar-refractivity contribution in [2.75, 3.05) is 12.3 Å². The molecule has 0 amide bonds. The van der Waals surface area contributed by atoms with Gasteiger partial charge in [-0.05, 0) is 24.5 Å². The van der Waals surface area contributed by atoms with Gasteiger partial charge in [0.1, 0.15) is 0 Å². The zero-order valence-corrected chi connectivity index (χ0v) is 12.0. The third kappa shape index (κ3) is 2.64. The summed E-state index contributed by atoms with van der Waals surface area (Å²) in [5.74, 6) is 0.709. The molecule has 3 rings (SSSR count). The van der Waals surface area contributed by atoms with Crippen LogP contribution in [0.3, 0.4) is 0 Å². The highest BCUT2D eigenvalue weighted by molar-refractivity contribution is 7.89. The molecule has 0 unspecified atom stereocenters. The molecule has 20 heavy (non-hydrogen) atoms. The fourth-order valence-corrected chi connectivity index (χ4v) is 3.67. The number of nitrogens with one attached hydrogen (secondary N) is 1. The van der Waals surface area contributed by atoms with Crippen LogP contribution in [0.4, 0.5) is 5.69 Å². The van der Waals surface area contributed by atoms with Crippen molar-refractivity contribution in [2.24, 2.45) is 5.92 Å². The minimum Gasteiger partial charge on any atom is -0.398 e. The molecule has 0 bridgehead atoms. The Morgan fingerprint density at radius 3 is 2.50 bits per heavy atom. The lowest BCUT2D eigenvalue weighted by Gasteiger charge is -2.10. The summed E-state index contributed by atoms with van der Waals surface area (Å²) in [4.78, 5) is 0.304. The highest BCUT2D eigenvalue weighted by Crippen LogP contribution is 2.32. The van der Waals surface area contributed by atoms with Gasteiger partial charge in [0, 0.05) is 23.0 Å². The van der Waals surface area contributed by atoms with Crippen LogP contribution in [0.25, 0.3) is 10.8 Å². The summed E-state index contributed by atoms with van der Waals surface area (Å²) in [5.41, 5.74) is 6.50. The van der Waals surface area contributed by atoms with Gasteiger partial charge in [-0.25, -0.2) is 13.1 Å². The number of nitrogen functional groups attached to an aromatic ring is 1. The largest absolute Gasteiger partial charge is 0.398 e. The quantitative estimate of drug-likeness (QED) is 0.831. The maximum Gasteiger partial charge on any atom is 0.241 e. The normalized spacial score (nSPS) is 15.6. The molecule has 0 spiro atoms. The molecule has 4 nitrogen and oxygen atoms in total. The Morgan fingerprint density at radius 2 is 1.80 bits per heavy atom. The average molecular weight is 290 g/mol. The fraction of sp³-hybridized carbons (Fsp3) is 0.333. The molecule has 5 heteroatoms. The average Bonchev–Trinajstić information content (AvgIpc) is 3.23. The van der Waals surface area contributed by atoms with E-state index in [0.29, 0.717) is 28.4 Å². The first-order chi connectivity index (χ1) is 9.58. The second-order valence-electron chi connectivity index (χ2n) is 5.33. The Labute approximate surface area is 119 Å². The van der Waals surface area contributed by atoms with E-state index in [1.165, 1.54) is 12.8 Å². The Hall–Kier alpha value is -1.59. The number of benzene rings is 2. The summed E-state index contributed by atoms with van der Waals surface area (Å²) < 4.78 is 27.5. The first-order valence-electron chi connectivity index (χ1n) is 6.85. The van der Waals surface area contributed by atoms with E-state index in [0.717, 1.165) is 11.8 Å². The van der Waals surface area contributed by atoms with Crippen molar-refractivity contribution in [3.05, 3.63) is 36.4 Å². The lowest BCUT2D eigenvalue weighted by molar-refractivity contribution is 0.576. The number of hydrogen-bond donors (Lipinski definition) is 2. The first-order valence-corrected chi connectivity index (χ1v) is 8.33. The maximum absolute atomic E-state index is 12.4. The van der Waals surface area contributed by atoms with E-state index < -0.39 is 10.0 Å². The topological polar surface area (TPSA) is 72.2 Å². The molecular weight excluding hydrogens is 272 g/mol. The molecule has 2 aromatic rings. The molecule has 0 heterocycles. The monoisotopic (exact) mass is 290 g/mol. The van der Waals surface area contributed by atoms with E-state index in [2.05, 4.69) is 4.72 Å². The van der Waals surface area contributed by atoms with Crippen LogP contribution in [0.2, 0.25) is 0 Å². The molecule has 1 saturated carbocycles. The number of rotatable bonds is 5. The van der Waals surface area contributed by atoms with E-state index >= 15 is 0 Å². The number of fused-ring (bicyclic) bond motifs is 1. The van der Waals surface area contributed by atoms with Gasteiger partial charge in [0.15, 0.2) is 0 Å². The van der Waals surface area contributed by atoms with Crippen molar-refractivity contribution in [2.45, 2.75) is 24.2 Å². The predicted molar refractivity (Wildman–Crippen MR) is 80.9 cm³/mol. The number of anilines is 1. The van der Waals surface area contributed by atoms with E-state index in [-0.39, 0.29) is 0 Å². The summed E-state index contributed by atoms with van der Waals surface area (Å²) in [6, 6.07) is 10.5. The Balaban J connectivity index is 1.93. The van der Waals surface area contributed by atoms with Gasteiger partial charge in [-0.1, -0.05) is 37.1 Å². The second kappa shape index (κ2) is 5.07. The van der Waals surface area contributed by atoms with Gasteiger partial charge in [-0.15, -0.1) is 0 Å². The molecule has 0 aromatic heterocycles. The van der Waals surface area contributed by atoms with E-state index in [1.807, 2.05) is 18.2 Å². The molecule has 1 aliphatic carbocycles. The minimum absolute atomic E-state index is 0.304. The lowest BCUT2D eigenvalue weighted by Crippen LogP contribution is -2.25. The fourth-order valence-electron chi connectivity index (χ4n) is 2.41. The van der Waals surface area contributed by atoms with Crippen molar-refractivity contribution in [3.8, 4) is 0 Å². The van der Waals surface area contributed by atoms with E-state index in [9.17, 15) is 8.42 Å². The second-order valence-corrected chi connectivity index (χ2v) is 7.06.